The van der Waals surface area contributed by atoms with Crippen LogP contribution in [0.4, 0.5) is 11.4 Å². The number of rotatable bonds is 7. The van der Waals surface area contributed by atoms with Gasteiger partial charge in [0.15, 0.2) is 0 Å². The molecule has 0 atom stereocenters. The zero-order valence-corrected chi connectivity index (χ0v) is 9.95. The normalized spacial score (nSPS) is 10.1. The van der Waals surface area contributed by atoms with Gasteiger partial charge in [0.1, 0.15) is 5.75 Å². The van der Waals surface area contributed by atoms with E-state index in [0.717, 1.165) is 31.0 Å². The summed E-state index contributed by atoms with van der Waals surface area (Å²) in [7, 11) is 1.70. The highest BCUT2D eigenvalue weighted by Crippen LogP contribution is 2.29. The lowest BCUT2D eigenvalue weighted by atomic mass is 10.2. The number of nitrogens with two attached hydrogens (primary N) is 1. The van der Waals surface area contributed by atoms with Gasteiger partial charge in [0.25, 0.3) is 0 Å². The third-order valence-electron chi connectivity index (χ3n) is 2.21. The molecule has 3 N–H and O–H groups in total. The molecule has 0 saturated heterocycles. The molecule has 4 nitrogen and oxygen atoms in total. The molecule has 0 bridgehead atoms. The lowest BCUT2D eigenvalue weighted by molar-refractivity contribution is 0.198. The van der Waals surface area contributed by atoms with Crippen molar-refractivity contribution in [3.05, 3.63) is 18.2 Å². The number of ether oxygens (including phenoxy) is 2. The summed E-state index contributed by atoms with van der Waals surface area (Å²) in [5.74, 6) is 0.735. The first-order valence-corrected chi connectivity index (χ1v) is 5.53. The van der Waals surface area contributed by atoms with E-state index in [1.165, 1.54) is 0 Å². The molecule has 16 heavy (non-hydrogen) atoms. The van der Waals surface area contributed by atoms with E-state index in [-0.39, 0.29) is 0 Å². The van der Waals surface area contributed by atoms with Gasteiger partial charge in [-0.05, 0) is 25.5 Å². The zero-order chi connectivity index (χ0) is 11.8. The summed E-state index contributed by atoms with van der Waals surface area (Å²) in [5.41, 5.74) is 7.55. The lowest BCUT2D eigenvalue weighted by Crippen LogP contribution is -2.07. The van der Waals surface area contributed by atoms with Crippen molar-refractivity contribution in [1.82, 2.24) is 0 Å². The largest absolute Gasteiger partial charge is 0.492 e. The molecule has 4 heteroatoms. The van der Waals surface area contributed by atoms with Crippen LogP contribution in [0, 0.1) is 0 Å². The Kier molecular flexibility index (Phi) is 5.50. The van der Waals surface area contributed by atoms with E-state index in [0.29, 0.717) is 12.3 Å². The standard InChI is InChI=1S/C12H20N2O2/c1-3-16-11-7-4-6-10(12(11)13)14-8-5-9-15-2/h4,6-7,14H,3,5,8-9,13H2,1-2H3. The number of nitrogens with one attached hydrogen (secondary N) is 1. The summed E-state index contributed by atoms with van der Waals surface area (Å²) < 4.78 is 10.4. The van der Waals surface area contributed by atoms with Gasteiger partial charge >= 0.3 is 0 Å². The van der Waals surface area contributed by atoms with Crippen LogP contribution >= 0.6 is 0 Å². The third-order valence-corrected chi connectivity index (χ3v) is 2.21. The van der Waals surface area contributed by atoms with Crippen LogP contribution in [0.25, 0.3) is 0 Å². The predicted octanol–water partition coefficient (Wildman–Crippen LogP) is 2.12. The van der Waals surface area contributed by atoms with Crippen molar-refractivity contribution in [1.29, 1.82) is 0 Å². The fourth-order valence-electron chi connectivity index (χ4n) is 1.42. The molecular weight excluding hydrogens is 204 g/mol. The smallest absolute Gasteiger partial charge is 0.144 e. The van der Waals surface area contributed by atoms with E-state index in [4.69, 9.17) is 15.2 Å². The first kappa shape index (κ1) is 12.6. The van der Waals surface area contributed by atoms with Crippen molar-refractivity contribution in [2.75, 3.05) is 37.9 Å². The minimum Gasteiger partial charge on any atom is -0.492 e. The Bertz CT molecular complexity index is 316. The van der Waals surface area contributed by atoms with Crippen molar-refractivity contribution in [3.8, 4) is 5.75 Å². The van der Waals surface area contributed by atoms with Crippen LogP contribution in [0.3, 0.4) is 0 Å². The molecule has 0 unspecified atom stereocenters. The second-order valence-corrected chi connectivity index (χ2v) is 3.42. The minimum atomic E-state index is 0.622. The van der Waals surface area contributed by atoms with Crippen LogP contribution in [0.5, 0.6) is 5.75 Å². The fraction of sp³-hybridized carbons (Fsp3) is 0.500. The van der Waals surface area contributed by atoms with Gasteiger partial charge in [-0.1, -0.05) is 6.07 Å². The second-order valence-electron chi connectivity index (χ2n) is 3.42. The number of benzene rings is 1. The summed E-state index contributed by atoms with van der Waals surface area (Å²) in [4.78, 5) is 0. The molecule has 0 aliphatic rings. The van der Waals surface area contributed by atoms with E-state index >= 15 is 0 Å². The summed E-state index contributed by atoms with van der Waals surface area (Å²) in [6, 6.07) is 5.75. The van der Waals surface area contributed by atoms with Crippen LogP contribution in [0.15, 0.2) is 18.2 Å². The molecule has 0 saturated carbocycles. The average Bonchev–Trinajstić information content (AvgIpc) is 2.29. The van der Waals surface area contributed by atoms with Gasteiger partial charge in [0, 0.05) is 20.3 Å². The highest BCUT2D eigenvalue weighted by Gasteiger charge is 2.04. The molecule has 0 aromatic heterocycles. The molecule has 1 rings (SSSR count). The molecule has 0 heterocycles. The van der Waals surface area contributed by atoms with Crippen molar-refractivity contribution in [3.63, 3.8) is 0 Å². The van der Waals surface area contributed by atoms with Crippen LogP contribution in [-0.4, -0.2) is 26.9 Å². The van der Waals surface area contributed by atoms with Crippen molar-refractivity contribution in [2.45, 2.75) is 13.3 Å². The number of hydrogen-bond donors (Lipinski definition) is 2. The maximum absolute atomic E-state index is 5.97. The molecule has 0 amide bonds. The Morgan fingerprint density at radius 3 is 2.88 bits per heavy atom. The van der Waals surface area contributed by atoms with E-state index in [9.17, 15) is 0 Å². The van der Waals surface area contributed by atoms with Gasteiger partial charge in [0.2, 0.25) is 0 Å². The third kappa shape index (κ3) is 3.62. The van der Waals surface area contributed by atoms with E-state index in [1.807, 2.05) is 25.1 Å². The molecule has 1 aromatic carbocycles. The topological polar surface area (TPSA) is 56.5 Å². The molecule has 0 aliphatic heterocycles. The van der Waals surface area contributed by atoms with Crippen LogP contribution in [0.2, 0.25) is 0 Å². The highest BCUT2D eigenvalue weighted by molar-refractivity contribution is 5.72. The van der Waals surface area contributed by atoms with Crippen molar-refractivity contribution >= 4 is 11.4 Å². The van der Waals surface area contributed by atoms with Crippen molar-refractivity contribution in [2.24, 2.45) is 0 Å². The maximum atomic E-state index is 5.97. The number of hydrogen-bond acceptors (Lipinski definition) is 4. The summed E-state index contributed by atoms with van der Waals surface area (Å²) in [6.45, 7) is 4.15. The van der Waals surface area contributed by atoms with Gasteiger partial charge in [-0.25, -0.2) is 0 Å². The minimum absolute atomic E-state index is 0.622. The SMILES string of the molecule is CCOc1cccc(NCCCOC)c1N. The first-order chi connectivity index (χ1) is 7.79. The summed E-state index contributed by atoms with van der Waals surface area (Å²) >= 11 is 0. The van der Waals surface area contributed by atoms with E-state index in [1.54, 1.807) is 7.11 Å². The zero-order valence-electron chi connectivity index (χ0n) is 9.95. The molecular formula is C12H20N2O2. The second kappa shape index (κ2) is 6.95. The number of anilines is 2. The number of nitrogen functional groups attached to an aromatic ring is 1. The predicted molar refractivity (Wildman–Crippen MR) is 67.0 cm³/mol. The Morgan fingerprint density at radius 1 is 1.38 bits per heavy atom. The highest BCUT2D eigenvalue weighted by atomic mass is 16.5. The summed E-state index contributed by atoms with van der Waals surface area (Å²) in [6.07, 6.45) is 0.953. The first-order valence-electron chi connectivity index (χ1n) is 5.53. The molecule has 0 fully saturated rings. The Balaban J connectivity index is 2.55. The van der Waals surface area contributed by atoms with Gasteiger partial charge < -0.3 is 20.5 Å². The van der Waals surface area contributed by atoms with Crippen LogP contribution in [-0.2, 0) is 4.74 Å². The van der Waals surface area contributed by atoms with Crippen molar-refractivity contribution < 1.29 is 9.47 Å². The van der Waals surface area contributed by atoms with Gasteiger partial charge in [-0.15, -0.1) is 0 Å². The number of para-hydroxylation sites is 1. The molecule has 0 radical (unpaired) electrons. The molecule has 1 aromatic rings. The summed E-state index contributed by atoms with van der Waals surface area (Å²) in [5, 5.41) is 3.26. The van der Waals surface area contributed by atoms with Crippen LogP contribution < -0.4 is 15.8 Å². The average molecular weight is 224 g/mol. The van der Waals surface area contributed by atoms with Gasteiger partial charge in [0.05, 0.1) is 18.0 Å². The molecule has 90 valence electrons. The fourth-order valence-corrected chi connectivity index (χ4v) is 1.42. The van der Waals surface area contributed by atoms with Gasteiger partial charge in [-0.3, -0.25) is 0 Å². The Labute approximate surface area is 96.7 Å². The van der Waals surface area contributed by atoms with E-state index in [2.05, 4.69) is 5.32 Å². The maximum Gasteiger partial charge on any atom is 0.144 e. The lowest BCUT2D eigenvalue weighted by Gasteiger charge is -2.12. The van der Waals surface area contributed by atoms with E-state index < -0.39 is 0 Å². The molecule has 0 aliphatic carbocycles. The Morgan fingerprint density at radius 2 is 2.19 bits per heavy atom. The monoisotopic (exact) mass is 224 g/mol. The quantitative estimate of drug-likeness (QED) is 0.550. The van der Waals surface area contributed by atoms with Gasteiger partial charge in [-0.2, -0.15) is 0 Å². The Hall–Kier alpha value is -1.42. The number of methoxy groups -OCH3 is 1. The molecule has 0 spiro atoms. The van der Waals surface area contributed by atoms with Crippen LogP contribution in [0.1, 0.15) is 13.3 Å².